The third-order valence-electron chi connectivity index (χ3n) is 2.44. The van der Waals surface area contributed by atoms with E-state index < -0.39 is 17.7 Å². The normalized spacial score (nSPS) is 12.8. The van der Waals surface area contributed by atoms with Crippen LogP contribution in [0.15, 0.2) is 16.6 Å². The summed E-state index contributed by atoms with van der Waals surface area (Å²) in [6, 6.07) is 2.55. The van der Waals surface area contributed by atoms with Crippen LogP contribution in [-0.2, 0) is 6.54 Å². The first-order chi connectivity index (χ1) is 8.06. The predicted octanol–water partition coefficient (Wildman–Crippen LogP) is 2.98. The molecule has 2 N–H and O–H groups in total. The molecule has 0 saturated heterocycles. The van der Waals surface area contributed by atoms with E-state index in [4.69, 9.17) is 0 Å². The van der Waals surface area contributed by atoms with Crippen LogP contribution in [0.25, 0.3) is 0 Å². The van der Waals surface area contributed by atoms with Gasteiger partial charge in [-0.15, -0.1) is 0 Å². The lowest BCUT2D eigenvalue weighted by atomic mass is 10.2. The Labute approximate surface area is 108 Å². The average Bonchev–Trinajstić information content (AvgIpc) is 2.29. The second kappa shape index (κ2) is 7.03. The number of rotatable bonds is 6. The number of halogens is 3. The van der Waals surface area contributed by atoms with Gasteiger partial charge in [-0.3, -0.25) is 0 Å². The molecule has 96 valence electrons. The lowest BCUT2D eigenvalue weighted by Crippen LogP contribution is -2.27. The van der Waals surface area contributed by atoms with Crippen LogP contribution < -0.4 is 5.32 Å². The van der Waals surface area contributed by atoms with Crippen molar-refractivity contribution in [3.05, 3.63) is 33.8 Å². The quantitative estimate of drug-likeness (QED) is 0.792. The molecule has 1 aromatic rings. The number of hydrogen-bond acceptors (Lipinski definition) is 2. The van der Waals surface area contributed by atoms with Crippen LogP contribution in [0.2, 0.25) is 0 Å². The van der Waals surface area contributed by atoms with Crippen LogP contribution in [0.1, 0.15) is 25.3 Å². The van der Waals surface area contributed by atoms with E-state index in [1.807, 2.05) is 6.92 Å². The van der Waals surface area contributed by atoms with Gasteiger partial charge in [0.1, 0.15) is 11.6 Å². The molecule has 2 nitrogen and oxygen atoms in total. The first-order valence-corrected chi connectivity index (χ1v) is 6.36. The summed E-state index contributed by atoms with van der Waals surface area (Å²) in [7, 11) is 0. The van der Waals surface area contributed by atoms with Gasteiger partial charge in [0.15, 0.2) is 0 Å². The molecule has 0 amide bonds. The van der Waals surface area contributed by atoms with E-state index in [2.05, 4.69) is 21.2 Å². The molecule has 0 spiro atoms. The maximum atomic E-state index is 13.5. The van der Waals surface area contributed by atoms with E-state index >= 15 is 0 Å². The van der Waals surface area contributed by atoms with Crippen LogP contribution in [0.3, 0.4) is 0 Å². The van der Waals surface area contributed by atoms with Gasteiger partial charge in [-0.2, -0.15) is 0 Å². The zero-order valence-electron chi connectivity index (χ0n) is 9.64. The molecule has 17 heavy (non-hydrogen) atoms. The minimum absolute atomic E-state index is 0.0110. The van der Waals surface area contributed by atoms with E-state index in [0.717, 1.165) is 6.42 Å². The highest BCUT2D eigenvalue weighted by molar-refractivity contribution is 9.10. The Morgan fingerprint density at radius 2 is 2.12 bits per heavy atom. The standard InChI is InChI=1S/C12H16BrF2NO/c1-2-3-8(17)6-16-7-9-11(14)5-4-10(13)12(9)15/h4-5,8,16-17H,2-3,6-7H2,1H3. The third-order valence-corrected chi connectivity index (χ3v) is 3.05. The van der Waals surface area contributed by atoms with Crippen molar-refractivity contribution in [1.29, 1.82) is 0 Å². The van der Waals surface area contributed by atoms with Crippen molar-refractivity contribution in [2.75, 3.05) is 6.54 Å². The fraction of sp³-hybridized carbons (Fsp3) is 0.500. The van der Waals surface area contributed by atoms with E-state index in [1.165, 1.54) is 12.1 Å². The molecule has 0 aliphatic rings. The highest BCUT2D eigenvalue weighted by atomic mass is 79.9. The SMILES string of the molecule is CCCC(O)CNCc1c(F)ccc(Br)c1F. The van der Waals surface area contributed by atoms with Crippen LogP contribution >= 0.6 is 15.9 Å². The Kier molecular flexibility index (Phi) is 6.02. The minimum Gasteiger partial charge on any atom is -0.392 e. The molecule has 1 aromatic carbocycles. The Balaban J connectivity index is 2.55. The zero-order valence-corrected chi connectivity index (χ0v) is 11.2. The van der Waals surface area contributed by atoms with Gasteiger partial charge in [-0.25, -0.2) is 8.78 Å². The van der Waals surface area contributed by atoms with Gasteiger partial charge < -0.3 is 10.4 Å². The zero-order chi connectivity index (χ0) is 12.8. The van der Waals surface area contributed by atoms with E-state index in [-0.39, 0.29) is 16.6 Å². The molecule has 0 heterocycles. The van der Waals surface area contributed by atoms with Gasteiger partial charge in [0.25, 0.3) is 0 Å². The smallest absolute Gasteiger partial charge is 0.144 e. The largest absolute Gasteiger partial charge is 0.392 e. The summed E-state index contributed by atoms with van der Waals surface area (Å²) in [5.41, 5.74) is -0.0110. The third kappa shape index (κ3) is 4.33. The average molecular weight is 308 g/mol. The molecule has 0 aliphatic carbocycles. The predicted molar refractivity (Wildman–Crippen MR) is 66.7 cm³/mol. The van der Waals surface area contributed by atoms with Crippen molar-refractivity contribution in [2.45, 2.75) is 32.4 Å². The number of hydrogen-bond donors (Lipinski definition) is 2. The lowest BCUT2D eigenvalue weighted by molar-refractivity contribution is 0.160. The monoisotopic (exact) mass is 307 g/mol. The molecule has 1 rings (SSSR count). The van der Waals surface area contributed by atoms with Crippen molar-refractivity contribution >= 4 is 15.9 Å². The van der Waals surface area contributed by atoms with E-state index in [0.29, 0.717) is 13.0 Å². The lowest BCUT2D eigenvalue weighted by Gasteiger charge is -2.12. The Morgan fingerprint density at radius 3 is 2.76 bits per heavy atom. The molecular weight excluding hydrogens is 292 g/mol. The summed E-state index contributed by atoms with van der Waals surface area (Å²) in [5.74, 6) is -1.18. The molecule has 0 radical (unpaired) electrons. The molecule has 0 aliphatic heterocycles. The Morgan fingerprint density at radius 1 is 1.41 bits per heavy atom. The first-order valence-electron chi connectivity index (χ1n) is 5.57. The molecule has 1 atom stereocenters. The summed E-state index contributed by atoms with van der Waals surface area (Å²) in [4.78, 5) is 0. The van der Waals surface area contributed by atoms with Gasteiger partial charge in [-0.1, -0.05) is 13.3 Å². The van der Waals surface area contributed by atoms with E-state index in [9.17, 15) is 13.9 Å². The number of nitrogens with one attached hydrogen (secondary N) is 1. The molecule has 0 bridgehead atoms. The molecular formula is C12H16BrF2NO. The maximum Gasteiger partial charge on any atom is 0.144 e. The number of benzene rings is 1. The topological polar surface area (TPSA) is 32.3 Å². The van der Waals surface area contributed by atoms with Crippen molar-refractivity contribution in [3.8, 4) is 0 Å². The summed E-state index contributed by atoms with van der Waals surface area (Å²) >= 11 is 3.01. The Bertz CT molecular complexity index is 374. The second-order valence-electron chi connectivity index (χ2n) is 3.90. The van der Waals surface area contributed by atoms with Gasteiger partial charge in [-0.05, 0) is 34.5 Å². The van der Waals surface area contributed by atoms with Crippen molar-refractivity contribution in [3.63, 3.8) is 0 Å². The van der Waals surface area contributed by atoms with Crippen molar-refractivity contribution < 1.29 is 13.9 Å². The Hall–Kier alpha value is -0.520. The van der Waals surface area contributed by atoms with Crippen molar-refractivity contribution in [1.82, 2.24) is 5.32 Å². The molecule has 0 fully saturated rings. The second-order valence-corrected chi connectivity index (χ2v) is 4.75. The molecule has 1 unspecified atom stereocenters. The molecule has 0 saturated carbocycles. The van der Waals surface area contributed by atoms with E-state index in [1.54, 1.807) is 0 Å². The molecule has 5 heteroatoms. The van der Waals surface area contributed by atoms with Gasteiger partial charge in [0.05, 0.1) is 10.6 Å². The van der Waals surface area contributed by atoms with Gasteiger partial charge >= 0.3 is 0 Å². The van der Waals surface area contributed by atoms with Gasteiger partial charge in [0.2, 0.25) is 0 Å². The summed E-state index contributed by atoms with van der Waals surface area (Å²) in [6.45, 7) is 2.37. The number of aliphatic hydroxyl groups excluding tert-OH is 1. The minimum atomic E-state index is -0.595. The summed E-state index contributed by atoms with van der Waals surface area (Å²) in [6.07, 6.45) is 1.08. The van der Waals surface area contributed by atoms with Crippen LogP contribution in [0.4, 0.5) is 8.78 Å². The van der Waals surface area contributed by atoms with Crippen LogP contribution in [0.5, 0.6) is 0 Å². The number of aliphatic hydroxyl groups is 1. The summed E-state index contributed by atoms with van der Waals surface area (Å²) in [5, 5.41) is 12.3. The fourth-order valence-electron chi connectivity index (χ4n) is 1.53. The van der Waals surface area contributed by atoms with Gasteiger partial charge in [0, 0.05) is 18.7 Å². The highest BCUT2D eigenvalue weighted by Crippen LogP contribution is 2.21. The maximum absolute atomic E-state index is 13.5. The fourth-order valence-corrected chi connectivity index (χ4v) is 1.90. The highest BCUT2D eigenvalue weighted by Gasteiger charge is 2.12. The van der Waals surface area contributed by atoms with Crippen LogP contribution in [0, 0.1) is 11.6 Å². The molecule has 0 aromatic heterocycles. The summed E-state index contributed by atoms with van der Waals surface area (Å²) < 4.78 is 27.1. The van der Waals surface area contributed by atoms with Crippen LogP contribution in [-0.4, -0.2) is 17.8 Å². The van der Waals surface area contributed by atoms with Crippen molar-refractivity contribution in [2.24, 2.45) is 0 Å². The first kappa shape index (κ1) is 14.5.